The summed E-state index contributed by atoms with van der Waals surface area (Å²) in [5, 5.41) is 8.40. The van der Waals surface area contributed by atoms with Gasteiger partial charge in [0, 0.05) is 22.5 Å². The van der Waals surface area contributed by atoms with E-state index in [9.17, 15) is 18.0 Å². The molecule has 0 spiro atoms. The van der Waals surface area contributed by atoms with Crippen LogP contribution in [-0.4, -0.2) is 32.2 Å². The number of benzene rings is 1. The number of alkyl halides is 3. The highest BCUT2D eigenvalue weighted by atomic mass is 19.4. The van der Waals surface area contributed by atoms with Crippen LogP contribution in [0.3, 0.4) is 0 Å². The molecule has 1 aliphatic rings. The van der Waals surface area contributed by atoms with Gasteiger partial charge in [0.25, 0.3) is 0 Å². The van der Waals surface area contributed by atoms with Gasteiger partial charge in [0.2, 0.25) is 0 Å². The lowest BCUT2D eigenvalue weighted by Gasteiger charge is -2.23. The number of H-pyrrole nitrogens is 1. The lowest BCUT2D eigenvalue weighted by Crippen LogP contribution is -2.39. The number of allylic oxidation sites excluding steroid dienone is 3. The molecule has 1 atom stereocenters. The molecule has 4 rings (SSSR count). The van der Waals surface area contributed by atoms with Crippen LogP contribution in [0.2, 0.25) is 0 Å². The molecule has 0 saturated heterocycles. The Morgan fingerprint density at radius 1 is 1.36 bits per heavy atom. The monoisotopic (exact) mass is 457 g/mol. The van der Waals surface area contributed by atoms with Crippen LogP contribution in [0.5, 0.6) is 0 Å². The van der Waals surface area contributed by atoms with Gasteiger partial charge in [-0.25, -0.2) is 9.67 Å². The molecule has 0 saturated carbocycles. The molecule has 3 heterocycles. The van der Waals surface area contributed by atoms with Crippen LogP contribution in [-0.2, 0) is 17.8 Å². The van der Waals surface area contributed by atoms with Crippen molar-refractivity contribution in [1.29, 1.82) is 0 Å². The smallest absolute Gasteiger partial charge is 0.406 e. The van der Waals surface area contributed by atoms with Gasteiger partial charge in [-0.15, -0.1) is 18.3 Å². The molecule has 1 aromatic carbocycles. The number of halogens is 3. The van der Waals surface area contributed by atoms with Crippen LogP contribution in [0, 0.1) is 6.92 Å². The normalized spacial score (nSPS) is 16.8. The first-order valence-electron chi connectivity index (χ1n) is 10.3. The maximum Gasteiger partial charge on any atom is 0.573 e. The fourth-order valence-corrected chi connectivity index (χ4v) is 3.68. The molecule has 0 bridgehead atoms. The van der Waals surface area contributed by atoms with Gasteiger partial charge in [-0.05, 0) is 37.6 Å². The zero-order valence-electron chi connectivity index (χ0n) is 17.8. The minimum atomic E-state index is -4.78. The first-order valence-corrected chi connectivity index (χ1v) is 10.3. The SMILES string of the molecule is C=C/C=C\C(=C/CC1Cn2nc(-c3[nH]c4ccccc4c(=O)c3C)nc2CN1)OC(F)(F)F. The van der Waals surface area contributed by atoms with Gasteiger partial charge in [0.1, 0.15) is 11.6 Å². The molecule has 0 radical (unpaired) electrons. The molecule has 0 aliphatic carbocycles. The number of ether oxygens (including phenoxy) is 1. The number of hydrogen-bond donors (Lipinski definition) is 2. The van der Waals surface area contributed by atoms with Crippen LogP contribution in [0.1, 0.15) is 17.8 Å². The predicted molar refractivity (Wildman–Crippen MR) is 118 cm³/mol. The Balaban J connectivity index is 1.56. The summed E-state index contributed by atoms with van der Waals surface area (Å²) in [6, 6.07) is 7.06. The maximum atomic E-state index is 12.7. The van der Waals surface area contributed by atoms with Crippen LogP contribution >= 0.6 is 0 Å². The number of rotatable bonds is 6. The summed E-state index contributed by atoms with van der Waals surface area (Å²) in [5.41, 5.74) is 1.68. The fraction of sp³-hybridized carbons (Fsp3) is 0.261. The van der Waals surface area contributed by atoms with Crippen molar-refractivity contribution in [2.75, 3.05) is 0 Å². The molecular weight excluding hydrogens is 435 g/mol. The standard InChI is InChI=1S/C23H22F3N5O2/c1-3-4-7-16(33-23(24,25)26)11-10-15-13-31-19(12-27-15)29-22(30-31)20-14(2)21(32)17-8-5-6-9-18(17)28-20/h3-9,11,15,27H,1,10,12-13H2,2H3,(H,28,32)/b7-4-,16-11+. The van der Waals surface area contributed by atoms with E-state index in [1.165, 1.54) is 24.3 Å². The van der Waals surface area contributed by atoms with E-state index in [2.05, 4.69) is 31.7 Å². The van der Waals surface area contributed by atoms with Crippen LogP contribution < -0.4 is 10.7 Å². The summed E-state index contributed by atoms with van der Waals surface area (Å²) in [5.74, 6) is 0.772. The molecule has 172 valence electrons. The molecule has 0 amide bonds. The highest BCUT2D eigenvalue weighted by Gasteiger charge is 2.31. The van der Waals surface area contributed by atoms with E-state index < -0.39 is 6.36 Å². The van der Waals surface area contributed by atoms with Crippen molar-refractivity contribution in [2.24, 2.45) is 0 Å². The summed E-state index contributed by atoms with van der Waals surface area (Å²) in [4.78, 5) is 20.5. The molecule has 1 unspecified atom stereocenters. The van der Waals surface area contributed by atoms with E-state index >= 15 is 0 Å². The molecule has 0 fully saturated rings. The highest BCUT2D eigenvalue weighted by Crippen LogP contribution is 2.23. The number of nitrogens with one attached hydrogen (secondary N) is 2. The summed E-state index contributed by atoms with van der Waals surface area (Å²) in [6.45, 7) is 5.98. The Hall–Kier alpha value is -3.66. The first-order chi connectivity index (χ1) is 15.7. The van der Waals surface area contributed by atoms with Gasteiger partial charge >= 0.3 is 6.36 Å². The van der Waals surface area contributed by atoms with Gasteiger partial charge in [-0.3, -0.25) is 4.79 Å². The summed E-state index contributed by atoms with van der Waals surface area (Å²) >= 11 is 0. The second-order valence-corrected chi connectivity index (χ2v) is 7.60. The second kappa shape index (κ2) is 9.07. The zero-order chi connectivity index (χ0) is 23.6. The number of pyridine rings is 1. The third kappa shape index (κ3) is 5.06. The molecule has 10 heteroatoms. The molecule has 7 nitrogen and oxygen atoms in total. The highest BCUT2D eigenvalue weighted by molar-refractivity contribution is 5.82. The summed E-state index contributed by atoms with van der Waals surface area (Å²) < 4.78 is 43.7. The van der Waals surface area contributed by atoms with E-state index in [4.69, 9.17) is 0 Å². The predicted octanol–water partition coefficient (Wildman–Crippen LogP) is 4.12. The van der Waals surface area contributed by atoms with Crippen molar-refractivity contribution in [2.45, 2.75) is 38.8 Å². The number of para-hydroxylation sites is 1. The minimum Gasteiger partial charge on any atom is -0.406 e. The molecule has 3 aromatic rings. The number of aromatic amines is 1. The lowest BCUT2D eigenvalue weighted by molar-refractivity contribution is -0.303. The summed E-state index contributed by atoms with van der Waals surface area (Å²) in [6.07, 6.45) is 0.836. The average Bonchev–Trinajstić information content (AvgIpc) is 3.20. The number of nitrogens with zero attached hydrogens (tertiary/aromatic N) is 3. The van der Waals surface area contributed by atoms with Crippen molar-refractivity contribution < 1.29 is 17.9 Å². The van der Waals surface area contributed by atoms with Gasteiger partial charge in [0.05, 0.1) is 18.8 Å². The zero-order valence-corrected chi connectivity index (χ0v) is 17.8. The van der Waals surface area contributed by atoms with Crippen molar-refractivity contribution in [3.63, 3.8) is 0 Å². The average molecular weight is 457 g/mol. The largest absolute Gasteiger partial charge is 0.573 e. The Labute approximate surface area is 187 Å². The van der Waals surface area contributed by atoms with Crippen LogP contribution in [0.25, 0.3) is 22.4 Å². The van der Waals surface area contributed by atoms with Crippen molar-refractivity contribution >= 4 is 10.9 Å². The number of fused-ring (bicyclic) bond motifs is 2. The van der Waals surface area contributed by atoms with Gasteiger partial charge < -0.3 is 15.0 Å². The Kier molecular flexibility index (Phi) is 6.19. The topological polar surface area (TPSA) is 84.8 Å². The minimum absolute atomic E-state index is 0.0852. The maximum absolute atomic E-state index is 12.7. The molecular formula is C23H22F3N5O2. The molecule has 1 aliphatic heterocycles. The van der Waals surface area contributed by atoms with Gasteiger partial charge in [-0.2, -0.15) is 0 Å². The van der Waals surface area contributed by atoms with Gasteiger partial charge in [0.15, 0.2) is 11.3 Å². The van der Waals surface area contributed by atoms with E-state index in [1.807, 2.05) is 18.2 Å². The third-order valence-electron chi connectivity index (χ3n) is 5.29. The van der Waals surface area contributed by atoms with Gasteiger partial charge in [-0.1, -0.05) is 30.9 Å². The second-order valence-electron chi connectivity index (χ2n) is 7.60. The fourth-order valence-electron chi connectivity index (χ4n) is 3.68. The quantitative estimate of drug-likeness (QED) is 0.430. The summed E-state index contributed by atoms with van der Waals surface area (Å²) in [7, 11) is 0. The molecule has 33 heavy (non-hydrogen) atoms. The first kappa shape index (κ1) is 22.5. The van der Waals surface area contributed by atoms with E-state index in [0.29, 0.717) is 46.9 Å². The van der Waals surface area contributed by atoms with E-state index in [1.54, 1.807) is 17.7 Å². The Morgan fingerprint density at radius 2 is 2.15 bits per heavy atom. The molecule has 2 aromatic heterocycles. The molecule has 2 N–H and O–H groups in total. The third-order valence-corrected chi connectivity index (χ3v) is 5.29. The number of hydrogen-bond acceptors (Lipinski definition) is 5. The van der Waals surface area contributed by atoms with E-state index in [0.717, 1.165) is 0 Å². The van der Waals surface area contributed by atoms with Crippen LogP contribution in [0.4, 0.5) is 13.2 Å². The Morgan fingerprint density at radius 3 is 2.91 bits per heavy atom. The van der Waals surface area contributed by atoms with E-state index in [-0.39, 0.29) is 23.7 Å². The van der Waals surface area contributed by atoms with Crippen molar-refractivity contribution in [3.05, 3.63) is 82.5 Å². The lowest BCUT2D eigenvalue weighted by atomic mass is 10.1. The van der Waals surface area contributed by atoms with Crippen molar-refractivity contribution in [3.8, 4) is 11.5 Å². The Bertz CT molecular complexity index is 1300. The van der Waals surface area contributed by atoms with Crippen molar-refractivity contribution in [1.82, 2.24) is 25.1 Å². The number of aromatic nitrogens is 4. The van der Waals surface area contributed by atoms with Crippen LogP contribution in [0.15, 0.2) is 65.7 Å².